The number of primary amides is 1. The van der Waals surface area contributed by atoms with Crippen molar-refractivity contribution >= 4 is 16.7 Å². The molecule has 2 N–H and O–H groups in total. The molecular weight excluding hydrogens is 312 g/mol. The molecular formula is C20H16N4O. The number of fused-ring (bicyclic) bond motifs is 1. The van der Waals surface area contributed by atoms with Crippen molar-refractivity contribution < 1.29 is 4.79 Å². The van der Waals surface area contributed by atoms with E-state index in [2.05, 4.69) is 20.6 Å². The minimum Gasteiger partial charge on any atom is -0.366 e. The lowest BCUT2D eigenvalue weighted by atomic mass is 10.1. The Balaban J connectivity index is 1.72. The molecule has 2 aromatic heterocycles. The molecule has 2 aromatic carbocycles. The molecule has 0 aliphatic heterocycles. The van der Waals surface area contributed by atoms with Crippen LogP contribution in [0, 0.1) is 0 Å². The van der Waals surface area contributed by atoms with Crippen molar-refractivity contribution in [3.05, 3.63) is 84.4 Å². The van der Waals surface area contributed by atoms with E-state index < -0.39 is 5.91 Å². The van der Waals surface area contributed by atoms with Crippen LogP contribution >= 0.6 is 0 Å². The first-order chi connectivity index (χ1) is 12.2. The molecule has 0 saturated carbocycles. The van der Waals surface area contributed by atoms with Gasteiger partial charge in [-0.25, -0.2) is 4.98 Å². The highest BCUT2D eigenvalue weighted by molar-refractivity contribution is 5.94. The van der Waals surface area contributed by atoms with Crippen LogP contribution in [0.15, 0.2) is 73.3 Å². The van der Waals surface area contributed by atoms with Crippen LogP contribution in [0.1, 0.15) is 15.9 Å². The summed E-state index contributed by atoms with van der Waals surface area (Å²) in [6.45, 7) is 0.663. The lowest BCUT2D eigenvalue weighted by molar-refractivity contribution is 0.100. The van der Waals surface area contributed by atoms with Crippen molar-refractivity contribution in [1.82, 2.24) is 14.5 Å². The average Bonchev–Trinajstić information content (AvgIpc) is 3.09. The molecule has 25 heavy (non-hydrogen) atoms. The Labute approximate surface area is 144 Å². The molecule has 0 radical (unpaired) electrons. The van der Waals surface area contributed by atoms with Gasteiger partial charge in [0.1, 0.15) is 5.82 Å². The van der Waals surface area contributed by atoms with Crippen molar-refractivity contribution in [3.63, 3.8) is 0 Å². The molecule has 4 aromatic rings. The third-order valence-corrected chi connectivity index (χ3v) is 4.23. The van der Waals surface area contributed by atoms with Crippen LogP contribution in [-0.4, -0.2) is 20.4 Å². The second-order valence-electron chi connectivity index (χ2n) is 5.84. The summed E-state index contributed by atoms with van der Waals surface area (Å²) in [5.74, 6) is 0.481. The van der Waals surface area contributed by atoms with Gasteiger partial charge in [0.2, 0.25) is 5.91 Å². The van der Waals surface area contributed by atoms with Crippen LogP contribution in [0.2, 0.25) is 0 Å². The van der Waals surface area contributed by atoms with E-state index in [0.717, 1.165) is 27.7 Å². The Kier molecular flexibility index (Phi) is 3.74. The number of rotatable bonds is 4. The predicted molar refractivity (Wildman–Crippen MR) is 97.0 cm³/mol. The maximum Gasteiger partial charge on any atom is 0.248 e. The molecule has 0 unspecified atom stereocenters. The quantitative estimate of drug-likeness (QED) is 0.625. The van der Waals surface area contributed by atoms with Crippen LogP contribution < -0.4 is 5.73 Å². The summed E-state index contributed by atoms with van der Waals surface area (Å²) in [6.07, 6.45) is 7.40. The van der Waals surface area contributed by atoms with Crippen molar-refractivity contribution in [1.29, 1.82) is 0 Å². The van der Waals surface area contributed by atoms with Gasteiger partial charge in [-0.1, -0.05) is 30.3 Å². The molecule has 122 valence electrons. The van der Waals surface area contributed by atoms with Crippen molar-refractivity contribution in [2.24, 2.45) is 5.73 Å². The Morgan fingerprint density at radius 2 is 1.88 bits per heavy atom. The van der Waals surface area contributed by atoms with Gasteiger partial charge in [0.05, 0.1) is 0 Å². The fourth-order valence-corrected chi connectivity index (χ4v) is 2.97. The average molecular weight is 328 g/mol. The van der Waals surface area contributed by atoms with Gasteiger partial charge in [-0.2, -0.15) is 0 Å². The van der Waals surface area contributed by atoms with Gasteiger partial charge in [0.25, 0.3) is 0 Å². The van der Waals surface area contributed by atoms with Gasteiger partial charge in [-0.05, 0) is 29.1 Å². The van der Waals surface area contributed by atoms with E-state index in [0.29, 0.717) is 12.1 Å². The second kappa shape index (κ2) is 6.20. The summed E-state index contributed by atoms with van der Waals surface area (Å²) >= 11 is 0. The Morgan fingerprint density at radius 3 is 2.68 bits per heavy atom. The van der Waals surface area contributed by atoms with Gasteiger partial charge in [-0.3, -0.25) is 9.78 Å². The number of carbonyl (C=O) groups is 1. The molecule has 0 aliphatic carbocycles. The standard InChI is InChI=1S/C20H16N4O/c21-19(25)15-6-4-14(5-7-15)13-24-11-10-23-20(24)18-3-1-2-16-12-22-9-8-17(16)18/h1-12H,13H2,(H2,21,25). The number of carbonyl (C=O) groups excluding carboxylic acids is 1. The third kappa shape index (κ3) is 2.87. The summed E-state index contributed by atoms with van der Waals surface area (Å²) in [5, 5.41) is 2.20. The molecule has 0 spiro atoms. The zero-order valence-electron chi connectivity index (χ0n) is 13.5. The monoisotopic (exact) mass is 328 g/mol. The minimum atomic E-state index is -0.417. The molecule has 0 bridgehead atoms. The Morgan fingerprint density at radius 1 is 1.04 bits per heavy atom. The fourth-order valence-electron chi connectivity index (χ4n) is 2.97. The first-order valence-corrected chi connectivity index (χ1v) is 7.95. The molecule has 2 heterocycles. The van der Waals surface area contributed by atoms with Gasteiger partial charge in [0, 0.05) is 47.8 Å². The van der Waals surface area contributed by atoms with E-state index >= 15 is 0 Å². The van der Waals surface area contributed by atoms with E-state index in [-0.39, 0.29) is 0 Å². The molecule has 0 atom stereocenters. The fraction of sp³-hybridized carbons (Fsp3) is 0.0500. The number of imidazole rings is 1. The lowest BCUT2D eigenvalue weighted by Gasteiger charge is -2.10. The van der Waals surface area contributed by atoms with Gasteiger partial charge in [-0.15, -0.1) is 0 Å². The first kappa shape index (κ1) is 15.1. The Hall–Kier alpha value is -3.47. The number of aromatic nitrogens is 3. The van der Waals surface area contributed by atoms with Crippen LogP contribution in [0.3, 0.4) is 0 Å². The molecule has 0 aliphatic rings. The summed E-state index contributed by atoms with van der Waals surface area (Å²) < 4.78 is 2.09. The third-order valence-electron chi connectivity index (χ3n) is 4.23. The molecule has 0 saturated heterocycles. The van der Waals surface area contributed by atoms with E-state index in [4.69, 9.17) is 5.73 Å². The zero-order chi connectivity index (χ0) is 17.2. The predicted octanol–water partition coefficient (Wildman–Crippen LogP) is 3.25. The number of hydrogen-bond donors (Lipinski definition) is 1. The summed E-state index contributed by atoms with van der Waals surface area (Å²) in [5.41, 5.74) is 7.95. The smallest absolute Gasteiger partial charge is 0.248 e. The van der Waals surface area contributed by atoms with Crippen molar-refractivity contribution in [2.75, 3.05) is 0 Å². The summed E-state index contributed by atoms with van der Waals surface area (Å²) in [4.78, 5) is 19.9. The number of amides is 1. The van der Waals surface area contributed by atoms with Crippen LogP contribution in [0.5, 0.6) is 0 Å². The van der Waals surface area contributed by atoms with Crippen molar-refractivity contribution in [2.45, 2.75) is 6.54 Å². The SMILES string of the molecule is NC(=O)c1ccc(Cn2ccnc2-c2cccc3cnccc23)cc1. The normalized spacial score (nSPS) is 10.9. The highest BCUT2D eigenvalue weighted by Gasteiger charge is 2.10. The van der Waals surface area contributed by atoms with E-state index in [1.54, 1.807) is 24.5 Å². The lowest BCUT2D eigenvalue weighted by Crippen LogP contribution is -2.10. The summed E-state index contributed by atoms with van der Waals surface area (Å²) in [7, 11) is 0. The van der Waals surface area contributed by atoms with E-state index in [1.165, 1.54) is 0 Å². The van der Waals surface area contributed by atoms with Gasteiger partial charge in [0.15, 0.2) is 0 Å². The topological polar surface area (TPSA) is 73.8 Å². The molecule has 5 heteroatoms. The highest BCUT2D eigenvalue weighted by atomic mass is 16.1. The minimum absolute atomic E-state index is 0.417. The molecule has 1 amide bonds. The number of benzene rings is 2. The van der Waals surface area contributed by atoms with Crippen LogP contribution in [0.25, 0.3) is 22.2 Å². The number of nitrogens with zero attached hydrogens (tertiary/aromatic N) is 3. The zero-order valence-corrected chi connectivity index (χ0v) is 13.5. The number of pyridine rings is 1. The van der Waals surface area contributed by atoms with E-state index in [1.807, 2.05) is 42.7 Å². The molecule has 4 rings (SSSR count). The number of hydrogen-bond acceptors (Lipinski definition) is 3. The molecule has 0 fully saturated rings. The van der Waals surface area contributed by atoms with Gasteiger partial charge < -0.3 is 10.3 Å². The maximum absolute atomic E-state index is 11.2. The van der Waals surface area contributed by atoms with Crippen molar-refractivity contribution in [3.8, 4) is 11.4 Å². The van der Waals surface area contributed by atoms with Crippen LogP contribution in [0.4, 0.5) is 0 Å². The molecule has 5 nitrogen and oxygen atoms in total. The van der Waals surface area contributed by atoms with Crippen LogP contribution in [-0.2, 0) is 6.54 Å². The van der Waals surface area contributed by atoms with Gasteiger partial charge >= 0.3 is 0 Å². The highest BCUT2D eigenvalue weighted by Crippen LogP contribution is 2.27. The number of nitrogens with two attached hydrogens (primary N) is 1. The largest absolute Gasteiger partial charge is 0.366 e. The summed E-state index contributed by atoms with van der Waals surface area (Å²) in [6, 6.07) is 15.5. The van der Waals surface area contributed by atoms with E-state index in [9.17, 15) is 4.79 Å². The first-order valence-electron chi connectivity index (χ1n) is 7.95. The second-order valence-corrected chi connectivity index (χ2v) is 5.84. The Bertz CT molecular complexity index is 1050. The maximum atomic E-state index is 11.2.